The van der Waals surface area contributed by atoms with E-state index in [0.29, 0.717) is 0 Å². The van der Waals surface area contributed by atoms with Crippen LogP contribution in [0.4, 0.5) is 0 Å². The molecule has 1 aromatic carbocycles. The molecule has 16 heavy (non-hydrogen) atoms. The van der Waals surface area contributed by atoms with Crippen molar-refractivity contribution in [1.29, 1.82) is 0 Å². The second-order valence-electron chi connectivity index (χ2n) is 4.65. The minimum absolute atomic E-state index is 0.140. The number of likely N-dealkylation sites (N-methyl/N-ethyl adjacent to an activating group) is 1. The summed E-state index contributed by atoms with van der Waals surface area (Å²) in [5, 5.41) is 0. The smallest absolute Gasteiger partial charge is 0.219 e. The van der Waals surface area contributed by atoms with Crippen molar-refractivity contribution in [2.75, 3.05) is 13.6 Å². The SMILES string of the molecule is CC(=O)N(C)CCc1ccc2c(c1)CCC2. The third kappa shape index (κ3) is 2.43. The third-order valence-corrected chi connectivity index (χ3v) is 3.44. The lowest BCUT2D eigenvalue weighted by Gasteiger charge is -2.14. The molecule has 1 aliphatic rings. The summed E-state index contributed by atoms with van der Waals surface area (Å²) < 4.78 is 0. The topological polar surface area (TPSA) is 20.3 Å². The number of fused-ring (bicyclic) bond motifs is 1. The van der Waals surface area contributed by atoms with Crippen LogP contribution in [-0.4, -0.2) is 24.4 Å². The average Bonchev–Trinajstić information content (AvgIpc) is 2.72. The number of amides is 1. The predicted molar refractivity (Wildman–Crippen MR) is 65.5 cm³/mol. The molecule has 0 saturated heterocycles. The Balaban J connectivity index is 1.98. The van der Waals surface area contributed by atoms with Crippen LogP contribution < -0.4 is 0 Å². The number of carbonyl (C=O) groups is 1. The highest BCUT2D eigenvalue weighted by atomic mass is 16.2. The molecule has 0 N–H and O–H groups in total. The maximum atomic E-state index is 11.1. The molecule has 2 heteroatoms. The Morgan fingerprint density at radius 2 is 2.06 bits per heavy atom. The van der Waals surface area contributed by atoms with Gasteiger partial charge in [-0.2, -0.15) is 0 Å². The Bertz CT molecular complexity index is 398. The van der Waals surface area contributed by atoms with E-state index in [0.717, 1.165) is 13.0 Å². The molecule has 0 fully saturated rings. The van der Waals surface area contributed by atoms with Gasteiger partial charge in [-0.15, -0.1) is 0 Å². The van der Waals surface area contributed by atoms with E-state index in [2.05, 4.69) is 18.2 Å². The van der Waals surface area contributed by atoms with Gasteiger partial charge in [-0.3, -0.25) is 4.79 Å². The van der Waals surface area contributed by atoms with Crippen molar-refractivity contribution in [1.82, 2.24) is 4.90 Å². The minimum Gasteiger partial charge on any atom is -0.346 e. The maximum Gasteiger partial charge on any atom is 0.219 e. The predicted octanol–water partition coefficient (Wildman–Crippen LogP) is 2.20. The number of hydrogen-bond donors (Lipinski definition) is 0. The summed E-state index contributed by atoms with van der Waals surface area (Å²) in [6.07, 6.45) is 4.73. The second-order valence-corrected chi connectivity index (χ2v) is 4.65. The Hall–Kier alpha value is -1.31. The fraction of sp³-hybridized carbons (Fsp3) is 0.500. The molecule has 0 unspecified atom stereocenters. The zero-order valence-corrected chi connectivity index (χ0v) is 10.1. The van der Waals surface area contributed by atoms with E-state index in [1.165, 1.54) is 36.0 Å². The third-order valence-electron chi connectivity index (χ3n) is 3.44. The molecule has 2 nitrogen and oxygen atoms in total. The summed E-state index contributed by atoms with van der Waals surface area (Å²) in [5.74, 6) is 0.140. The largest absolute Gasteiger partial charge is 0.346 e. The molecule has 1 aliphatic carbocycles. The Morgan fingerprint density at radius 3 is 2.81 bits per heavy atom. The maximum absolute atomic E-state index is 11.1. The number of hydrogen-bond acceptors (Lipinski definition) is 1. The fourth-order valence-electron chi connectivity index (χ4n) is 2.23. The van der Waals surface area contributed by atoms with E-state index in [9.17, 15) is 4.79 Å². The number of aryl methyl sites for hydroxylation is 2. The highest BCUT2D eigenvalue weighted by molar-refractivity contribution is 5.72. The van der Waals surface area contributed by atoms with Gasteiger partial charge in [0, 0.05) is 20.5 Å². The summed E-state index contributed by atoms with van der Waals surface area (Å²) in [6.45, 7) is 2.43. The standard InChI is InChI=1S/C14H19NO/c1-11(16)15(2)9-8-12-6-7-13-4-3-5-14(13)10-12/h6-7,10H,3-5,8-9H2,1-2H3. The quantitative estimate of drug-likeness (QED) is 0.760. The molecule has 0 saturated carbocycles. The Morgan fingerprint density at radius 1 is 1.31 bits per heavy atom. The number of nitrogens with zero attached hydrogens (tertiary/aromatic N) is 1. The number of rotatable bonds is 3. The monoisotopic (exact) mass is 217 g/mol. The molecule has 1 aromatic rings. The van der Waals surface area contributed by atoms with E-state index >= 15 is 0 Å². The normalized spacial score (nSPS) is 13.6. The molecule has 0 aliphatic heterocycles. The van der Waals surface area contributed by atoms with Gasteiger partial charge in [0.05, 0.1) is 0 Å². The van der Waals surface area contributed by atoms with Gasteiger partial charge < -0.3 is 4.90 Å². The van der Waals surface area contributed by atoms with Gasteiger partial charge in [0.15, 0.2) is 0 Å². The van der Waals surface area contributed by atoms with Crippen molar-refractivity contribution in [2.24, 2.45) is 0 Å². The lowest BCUT2D eigenvalue weighted by atomic mass is 10.0. The summed E-state index contributed by atoms with van der Waals surface area (Å²) in [7, 11) is 1.86. The van der Waals surface area contributed by atoms with E-state index in [1.807, 2.05) is 7.05 Å². The van der Waals surface area contributed by atoms with E-state index in [-0.39, 0.29) is 5.91 Å². The lowest BCUT2D eigenvalue weighted by Crippen LogP contribution is -2.26. The van der Waals surface area contributed by atoms with Crippen molar-refractivity contribution in [3.63, 3.8) is 0 Å². The van der Waals surface area contributed by atoms with Crippen LogP contribution in [0.15, 0.2) is 18.2 Å². The van der Waals surface area contributed by atoms with Crippen LogP contribution in [0.3, 0.4) is 0 Å². The molecule has 86 valence electrons. The number of benzene rings is 1. The molecule has 0 radical (unpaired) electrons. The molecule has 1 amide bonds. The molecule has 0 atom stereocenters. The van der Waals surface area contributed by atoms with Crippen molar-refractivity contribution < 1.29 is 4.79 Å². The van der Waals surface area contributed by atoms with Gasteiger partial charge in [0.25, 0.3) is 0 Å². The molecular weight excluding hydrogens is 198 g/mol. The molecule has 0 aromatic heterocycles. The highest BCUT2D eigenvalue weighted by Gasteiger charge is 2.11. The Kier molecular flexibility index (Phi) is 3.28. The summed E-state index contributed by atoms with van der Waals surface area (Å²) in [5.41, 5.74) is 4.39. The van der Waals surface area contributed by atoms with Crippen LogP contribution in [0, 0.1) is 0 Å². The Labute approximate surface area is 97.3 Å². The van der Waals surface area contributed by atoms with Gasteiger partial charge in [-0.05, 0) is 42.4 Å². The summed E-state index contributed by atoms with van der Waals surface area (Å²) in [6, 6.07) is 6.78. The van der Waals surface area contributed by atoms with E-state index in [4.69, 9.17) is 0 Å². The summed E-state index contributed by atoms with van der Waals surface area (Å²) >= 11 is 0. The van der Waals surface area contributed by atoms with E-state index in [1.54, 1.807) is 11.8 Å². The zero-order valence-electron chi connectivity index (χ0n) is 10.1. The minimum atomic E-state index is 0.140. The highest BCUT2D eigenvalue weighted by Crippen LogP contribution is 2.22. The van der Waals surface area contributed by atoms with Crippen molar-refractivity contribution >= 4 is 5.91 Å². The van der Waals surface area contributed by atoms with Crippen molar-refractivity contribution in [2.45, 2.75) is 32.6 Å². The summed E-state index contributed by atoms with van der Waals surface area (Å²) in [4.78, 5) is 12.8. The zero-order chi connectivity index (χ0) is 11.5. The second kappa shape index (κ2) is 4.69. The molecule has 0 spiro atoms. The van der Waals surface area contributed by atoms with Gasteiger partial charge in [-0.1, -0.05) is 18.2 Å². The van der Waals surface area contributed by atoms with Gasteiger partial charge in [-0.25, -0.2) is 0 Å². The van der Waals surface area contributed by atoms with Crippen LogP contribution in [0.5, 0.6) is 0 Å². The van der Waals surface area contributed by atoms with Gasteiger partial charge in [0.1, 0.15) is 0 Å². The fourth-order valence-corrected chi connectivity index (χ4v) is 2.23. The van der Waals surface area contributed by atoms with Crippen molar-refractivity contribution in [3.8, 4) is 0 Å². The average molecular weight is 217 g/mol. The van der Waals surface area contributed by atoms with Gasteiger partial charge in [0.2, 0.25) is 5.91 Å². The molecule has 2 rings (SSSR count). The van der Waals surface area contributed by atoms with Crippen LogP contribution in [-0.2, 0) is 24.1 Å². The lowest BCUT2D eigenvalue weighted by molar-refractivity contribution is -0.127. The number of carbonyl (C=O) groups excluding carboxylic acids is 1. The van der Waals surface area contributed by atoms with Crippen LogP contribution >= 0.6 is 0 Å². The van der Waals surface area contributed by atoms with E-state index < -0.39 is 0 Å². The van der Waals surface area contributed by atoms with Crippen LogP contribution in [0.2, 0.25) is 0 Å². The van der Waals surface area contributed by atoms with Gasteiger partial charge >= 0.3 is 0 Å². The first kappa shape index (κ1) is 11.2. The first-order valence-electron chi connectivity index (χ1n) is 5.99. The van der Waals surface area contributed by atoms with Crippen LogP contribution in [0.1, 0.15) is 30.0 Å². The molecular formula is C14H19NO. The van der Waals surface area contributed by atoms with Crippen LogP contribution in [0.25, 0.3) is 0 Å². The molecule has 0 bridgehead atoms. The molecule has 0 heterocycles. The van der Waals surface area contributed by atoms with Crippen molar-refractivity contribution in [3.05, 3.63) is 34.9 Å². The first-order valence-corrected chi connectivity index (χ1v) is 5.99. The first-order chi connectivity index (χ1) is 7.66.